The highest BCUT2D eigenvalue weighted by Gasteiger charge is 2.36. The van der Waals surface area contributed by atoms with Gasteiger partial charge < -0.3 is 14.6 Å². The van der Waals surface area contributed by atoms with E-state index in [0.717, 1.165) is 11.0 Å². The fraction of sp³-hybridized carbons (Fsp3) is 0.250. The number of rotatable bonds is 4. The van der Waals surface area contributed by atoms with Crippen LogP contribution in [-0.4, -0.2) is 46.1 Å². The number of halogens is 1. The molecule has 1 aromatic heterocycles. The van der Waals surface area contributed by atoms with Crippen molar-refractivity contribution in [3.8, 4) is 6.07 Å². The second-order valence-corrected chi connectivity index (χ2v) is 6.47. The van der Waals surface area contributed by atoms with Crippen molar-refractivity contribution in [1.29, 1.82) is 5.26 Å². The molecular weight excluding hydrogens is 347 g/mol. The molecule has 0 saturated carbocycles. The molecule has 136 valence electrons. The van der Waals surface area contributed by atoms with Crippen LogP contribution in [0.15, 0.2) is 48.5 Å². The normalized spacial score (nSPS) is 19.3. The number of alkyl halides is 1. The highest BCUT2D eigenvalue weighted by Crippen LogP contribution is 2.21. The van der Waals surface area contributed by atoms with Gasteiger partial charge in [-0.05, 0) is 30.3 Å². The third kappa shape index (κ3) is 3.52. The summed E-state index contributed by atoms with van der Waals surface area (Å²) >= 11 is 0. The van der Waals surface area contributed by atoms with E-state index in [9.17, 15) is 9.18 Å². The predicted molar refractivity (Wildman–Crippen MR) is 96.6 cm³/mol. The number of carbonyl (C=O) groups is 1. The largest absolute Gasteiger partial charge is 0.365 e. The van der Waals surface area contributed by atoms with Crippen LogP contribution in [-0.2, 0) is 11.3 Å². The van der Waals surface area contributed by atoms with Crippen LogP contribution in [0.4, 0.5) is 4.39 Å². The Labute approximate surface area is 155 Å². The van der Waals surface area contributed by atoms with Gasteiger partial charge in [0.15, 0.2) is 0 Å². The topological polar surface area (TPSA) is 82.0 Å². The number of amides is 1. The lowest BCUT2D eigenvalue weighted by Gasteiger charge is -2.16. The van der Waals surface area contributed by atoms with Gasteiger partial charge in [-0.1, -0.05) is 18.2 Å². The molecule has 2 heterocycles. The van der Waals surface area contributed by atoms with Gasteiger partial charge in [0, 0.05) is 5.56 Å². The highest BCUT2D eigenvalue weighted by molar-refractivity contribution is 5.94. The minimum Gasteiger partial charge on any atom is -0.365 e. The molecule has 2 atom stereocenters. The molecule has 6 nitrogen and oxygen atoms in total. The Kier molecular flexibility index (Phi) is 4.57. The van der Waals surface area contributed by atoms with Crippen LogP contribution >= 0.6 is 0 Å². The zero-order valence-corrected chi connectivity index (χ0v) is 14.4. The van der Waals surface area contributed by atoms with Gasteiger partial charge in [0.25, 0.3) is 5.91 Å². The lowest BCUT2D eigenvalue weighted by Crippen LogP contribution is -2.30. The van der Waals surface area contributed by atoms with Gasteiger partial charge in [-0.15, -0.1) is 0 Å². The molecule has 2 aromatic carbocycles. The van der Waals surface area contributed by atoms with E-state index in [-0.39, 0.29) is 25.6 Å². The number of aromatic amines is 1. The van der Waals surface area contributed by atoms with E-state index in [4.69, 9.17) is 10.00 Å². The summed E-state index contributed by atoms with van der Waals surface area (Å²) in [6, 6.07) is 16.0. The molecule has 1 N–H and O–H groups in total. The van der Waals surface area contributed by atoms with E-state index in [1.165, 1.54) is 4.90 Å². The van der Waals surface area contributed by atoms with Gasteiger partial charge in [0.05, 0.1) is 35.8 Å². The van der Waals surface area contributed by atoms with Crippen LogP contribution in [0.5, 0.6) is 0 Å². The molecule has 1 amide bonds. The van der Waals surface area contributed by atoms with Crippen LogP contribution in [0.1, 0.15) is 21.7 Å². The number of aromatic nitrogens is 2. The summed E-state index contributed by atoms with van der Waals surface area (Å²) in [6.45, 7) is 0.326. The Hall–Kier alpha value is -3.24. The molecule has 0 bridgehead atoms. The summed E-state index contributed by atoms with van der Waals surface area (Å²) in [5.41, 5.74) is 2.53. The van der Waals surface area contributed by atoms with Crippen molar-refractivity contribution in [3.05, 3.63) is 65.5 Å². The minimum absolute atomic E-state index is 0.0179. The average molecular weight is 364 g/mol. The second kappa shape index (κ2) is 7.17. The highest BCUT2D eigenvalue weighted by atomic mass is 19.1. The number of hydrogen-bond donors (Lipinski definition) is 1. The van der Waals surface area contributed by atoms with Crippen molar-refractivity contribution >= 4 is 16.9 Å². The summed E-state index contributed by atoms with van der Waals surface area (Å²) in [5, 5.41) is 8.95. The lowest BCUT2D eigenvalue weighted by molar-refractivity contribution is 0.00887. The van der Waals surface area contributed by atoms with Crippen LogP contribution in [0.25, 0.3) is 11.0 Å². The number of ether oxygens (including phenoxy) is 1. The van der Waals surface area contributed by atoms with E-state index in [1.807, 2.05) is 6.07 Å². The molecule has 7 heteroatoms. The van der Waals surface area contributed by atoms with Gasteiger partial charge in [-0.2, -0.15) is 5.26 Å². The van der Waals surface area contributed by atoms with Crippen molar-refractivity contribution in [2.24, 2.45) is 0 Å². The standard InChI is InChI=1S/C20H17FN4O2/c21-15-10-25(20(26)14-4-2-1-3-5-14)11-18(15)27-12-19-23-16-7-6-13(9-22)8-17(16)24-19/h1-8,15,18H,10-12H2,(H,23,24)/t15-,18+/m1/s1. The molecule has 0 aliphatic carbocycles. The molecule has 0 radical (unpaired) electrons. The summed E-state index contributed by atoms with van der Waals surface area (Å²) < 4.78 is 20.0. The minimum atomic E-state index is -1.24. The van der Waals surface area contributed by atoms with Crippen LogP contribution in [0, 0.1) is 11.3 Å². The molecule has 1 aliphatic rings. The maximum absolute atomic E-state index is 14.3. The Morgan fingerprint density at radius 1 is 1.30 bits per heavy atom. The van der Waals surface area contributed by atoms with Crippen molar-refractivity contribution in [2.45, 2.75) is 18.9 Å². The number of nitrogens with one attached hydrogen (secondary N) is 1. The summed E-state index contributed by atoms with van der Waals surface area (Å²) in [7, 11) is 0. The van der Waals surface area contributed by atoms with E-state index >= 15 is 0 Å². The number of likely N-dealkylation sites (tertiary alicyclic amines) is 1. The number of H-pyrrole nitrogens is 1. The predicted octanol–water partition coefficient (Wildman–Crippen LogP) is 2.81. The first kappa shape index (κ1) is 17.2. The Balaban J connectivity index is 1.40. The third-order valence-electron chi connectivity index (χ3n) is 4.60. The number of imidazole rings is 1. The Morgan fingerprint density at radius 3 is 2.89 bits per heavy atom. The fourth-order valence-corrected chi connectivity index (χ4v) is 3.21. The second-order valence-electron chi connectivity index (χ2n) is 6.47. The monoisotopic (exact) mass is 364 g/mol. The van der Waals surface area contributed by atoms with E-state index in [2.05, 4.69) is 16.0 Å². The number of carbonyl (C=O) groups excluding carboxylic acids is 1. The van der Waals surface area contributed by atoms with Gasteiger partial charge in [0.1, 0.15) is 24.7 Å². The molecule has 27 heavy (non-hydrogen) atoms. The van der Waals surface area contributed by atoms with Gasteiger partial charge in [-0.25, -0.2) is 9.37 Å². The number of nitrogens with zero attached hydrogens (tertiary/aromatic N) is 3. The molecule has 1 fully saturated rings. The zero-order valence-electron chi connectivity index (χ0n) is 14.4. The van der Waals surface area contributed by atoms with E-state index in [0.29, 0.717) is 17.0 Å². The molecule has 1 aliphatic heterocycles. The molecule has 0 unspecified atom stereocenters. The Bertz CT molecular complexity index is 1010. The Morgan fingerprint density at radius 2 is 2.11 bits per heavy atom. The maximum Gasteiger partial charge on any atom is 0.254 e. The van der Waals surface area contributed by atoms with Crippen molar-refractivity contribution in [1.82, 2.24) is 14.9 Å². The average Bonchev–Trinajstić information content (AvgIpc) is 3.28. The smallest absolute Gasteiger partial charge is 0.254 e. The summed E-state index contributed by atoms with van der Waals surface area (Å²) in [6.07, 6.45) is -1.94. The lowest BCUT2D eigenvalue weighted by atomic mass is 10.2. The van der Waals surface area contributed by atoms with Crippen LogP contribution < -0.4 is 0 Å². The first-order valence-electron chi connectivity index (χ1n) is 8.63. The first-order chi connectivity index (χ1) is 13.1. The van der Waals surface area contributed by atoms with Crippen molar-refractivity contribution in [2.75, 3.05) is 13.1 Å². The quantitative estimate of drug-likeness (QED) is 0.772. The summed E-state index contributed by atoms with van der Waals surface area (Å²) in [5.74, 6) is 0.359. The van der Waals surface area contributed by atoms with Crippen LogP contribution in [0.3, 0.4) is 0 Å². The number of fused-ring (bicyclic) bond motifs is 1. The molecule has 4 rings (SSSR count). The number of hydrogen-bond acceptors (Lipinski definition) is 4. The van der Waals surface area contributed by atoms with Crippen molar-refractivity contribution < 1.29 is 13.9 Å². The fourth-order valence-electron chi connectivity index (χ4n) is 3.21. The first-order valence-corrected chi connectivity index (χ1v) is 8.63. The number of nitriles is 1. The van der Waals surface area contributed by atoms with E-state index < -0.39 is 12.3 Å². The van der Waals surface area contributed by atoms with Crippen molar-refractivity contribution in [3.63, 3.8) is 0 Å². The number of benzene rings is 2. The summed E-state index contributed by atoms with van der Waals surface area (Å²) in [4.78, 5) is 21.4. The van der Waals surface area contributed by atoms with Crippen LogP contribution in [0.2, 0.25) is 0 Å². The van der Waals surface area contributed by atoms with E-state index in [1.54, 1.807) is 42.5 Å². The molecule has 0 spiro atoms. The zero-order chi connectivity index (χ0) is 18.8. The maximum atomic E-state index is 14.3. The van der Waals surface area contributed by atoms with Gasteiger partial charge in [-0.3, -0.25) is 4.79 Å². The molecule has 3 aromatic rings. The third-order valence-corrected chi connectivity index (χ3v) is 4.60. The molecular formula is C20H17FN4O2. The molecule has 1 saturated heterocycles. The SMILES string of the molecule is N#Cc1ccc2nc(CO[C@H]3CN(C(=O)c4ccccc4)C[C@H]3F)[nH]c2c1. The van der Waals surface area contributed by atoms with Gasteiger partial charge in [0.2, 0.25) is 0 Å². The van der Waals surface area contributed by atoms with Gasteiger partial charge >= 0.3 is 0 Å².